The summed E-state index contributed by atoms with van der Waals surface area (Å²) in [5, 5.41) is 2.83. The molecule has 0 aromatic rings. The lowest BCUT2D eigenvalue weighted by atomic mass is 10.3. The Hall–Kier alpha value is -0.220. The van der Waals surface area contributed by atoms with Crippen molar-refractivity contribution in [1.29, 1.82) is 0 Å². The number of rotatable bonds is 4. The van der Waals surface area contributed by atoms with Crippen molar-refractivity contribution < 1.29 is 4.79 Å². The molecule has 72 valence electrons. The third kappa shape index (κ3) is 3.45. The van der Waals surface area contributed by atoms with Crippen LogP contribution in [-0.2, 0) is 4.79 Å². The largest absolute Gasteiger partial charge is 0.328 e. The minimum atomic E-state index is -0.372. The van der Waals surface area contributed by atoms with Gasteiger partial charge >= 0.3 is 0 Å². The van der Waals surface area contributed by atoms with E-state index in [2.05, 4.69) is 17.9 Å². The van der Waals surface area contributed by atoms with Gasteiger partial charge in [0.1, 0.15) is 0 Å². The molecule has 0 unspecified atom stereocenters. The van der Waals surface area contributed by atoms with Crippen LogP contribution in [0.25, 0.3) is 0 Å². The average molecular weight is 190 g/mol. The van der Waals surface area contributed by atoms with Gasteiger partial charge in [-0.1, -0.05) is 0 Å². The van der Waals surface area contributed by atoms with Crippen LogP contribution in [0.4, 0.5) is 0 Å². The van der Waals surface area contributed by atoms with Crippen LogP contribution in [0.15, 0.2) is 0 Å². The molecule has 0 radical (unpaired) electrons. The fourth-order valence-corrected chi connectivity index (χ4v) is 1.37. The molecule has 0 spiro atoms. The SMILES string of the molecule is CCN(C(=O)CNC)C(C)(C)S. The molecule has 0 aromatic carbocycles. The summed E-state index contributed by atoms with van der Waals surface area (Å²) in [6.45, 7) is 6.83. The number of likely N-dealkylation sites (N-methyl/N-ethyl adjacent to an activating group) is 2. The number of hydrogen-bond acceptors (Lipinski definition) is 3. The van der Waals surface area contributed by atoms with Gasteiger partial charge in [0.15, 0.2) is 0 Å². The number of carbonyl (C=O) groups is 1. The number of nitrogens with zero attached hydrogens (tertiary/aromatic N) is 1. The van der Waals surface area contributed by atoms with Crippen molar-refractivity contribution in [2.75, 3.05) is 20.1 Å². The van der Waals surface area contributed by atoms with Gasteiger partial charge in [0, 0.05) is 6.54 Å². The fourth-order valence-electron chi connectivity index (χ4n) is 1.12. The van der Waals surface area contributed by atoms with E-state index in [1.54, 1.807) is 11.9 Å². The zero-order valence-corrected chi connectivity index (χ0v) is 9.11. The molecular weight excluding hydrogens is 172 g/mol. The van der Waals surface area contributed by atoms with Gasteiger partial charge in [-0.25, -0.2) is 0 Å². The lowest BCUT2D eigenvalue weighted by Crippen LogP contribution is -2.47. The molecule has 0 aromatic heterocycles. The van der Waals surface area contributed by atoms with Crippen LogP contribution < -0.4 is 5.32 Å². The van der Waals surface area contributed by atoms with E-state index in [4.69, 9.17) is 0 Å². The maximum atomic E-state index is 11.4. The first-order chi connectivity index (χ1) is 5.43. The van der Waals surface area contributed by atoms with Crippen LogP contribution in [0.3, 0.4) is 0 Å². The number of nitrogens with one attached hydrogen (secondary N) is 1. The van der Waals surface area contributed by atoms with Gasteiger partial charge in [0.05, 0.1) is 11.4 Å². The zero-order valence-electron chi connectivity index (χ0n) is 8.22. The van der Waals surface area contributed by atoms with E-state index < -0.39 is 0 Å². The predicted molar refractivity (Wildman–Crippen MR) is 54.4 cm³/mol. The molecule has 0 aliphatic rings. The highest BCUT2D eigenvalue weighted by Crippen LogP contribution is 2.17. The monoisotopic (exact) mass is 190 g/mol. The van der Waals surface area contributed by atoms with Crippen LogP contribution in [0.5, 0.6) is 0 Å². The summed E-state index contributed by atoms with van der Waals surface area (Å²) in [6.07, 6.45) is 0. The third-order valence-electron chi connectivity index (χ3n) is 1.61. The van der Waals surface area contributed by atoms with Gasteiger partial charge in [-0.2, -0.15) is 12.6 Å². The second-order valence-corrected chi connectivity index (χ2v) is 4.26. The molecular formula is C8H18N2OS. The molecule has 0 bridgehead atoms. The lowest BCUT2D eigenvalue weighted by molar-refractivity contribution is -0.132. The van der Waals surface area contributed by atoms with Crippen molar-refractivity contribution in [3.05, 3.63) is 0 Å². The summed E-state index contributed by atoms with van der Waals surface area (Å²) in [6, 6.07) is 0. The van der Waals surface area contributed by atoms with Crippen molar-refractivity contribution in [3.8, 4) is 0 Å². The first kappa shape index (κ1) is 11.8. The Morgan fingerprint density at radius 1 is 1.58 bits per heavy atom. The van der Waals surface area contributed by atoms with Gasteiger partial charge in [-0.15, -0.1) is 0 Å². The van der Waals surface area contributed by atoms with Gasteiger partial charge in [-0.3, -0.25) is 4.79 Å². The first-order valence-electron chi connectivity index (χ1n) is 4.11. The van der Waals surface area contributed by atoms with Crippen molar-refractivity contribution in [2.24, 2.45) is 0 Å². The summed E-state index contributed by atoms with van der Waals surface area (Å²) in [5.74, 6) is 0.0833. The van der Waals surface area contributed by atoms with E-state index in [0.29, 0.717) is 13.1 Å². The van der Waals surface area contributed by atoms with E-state index in [0.717, 1.165) is 0 Å². The maximum Gasteiger partial charge on any atom is 0.237 e. The van der Waals surface area contributed by atoms with Crippen LogP contribution >= 0.6 is 12.6 Å². The predicted octanol–water partition coefficient (Wildman–Crippen LogP) is 0.720. The first-order valence-corrected chi connectivity index (χ1v) is 4.55. The van der Waals surface area contributed by atoms with Crippen molar-refractivity contribution in [1.82, 2.24) is 10.2 Å². The maximum absolute atomic E-state index is 11.4. The highest BCUT2D eigenvalue weighted by Gasteiger charge is 2.24. The van der Waals surface area contributed by atoms with E-state index in [1.165, 1.54) is 0 Å². The van der Waals surface area contributed by atoms with E-state index >= 15 is 0 Å². The average Bonchev–Trinajstić information content (AvgIpc) is 1.85. The van der Waals surface area contributed by atoms with Crippen molar-refractivity contribution in [3.63, 3.8) is 0 Å². The number of hydrogen-bond donors (Lipinski definition) is 2. The van der Waals surface area contributed by atoms with Crippen molar-refractivity contribution >= 4 is 18.5 Å². The normalized spacial score (nSPS) is 11.4. The Labute approximate surface area is 79.9 Å². The summed E-state index contributed by atoms with van der Waals surface area (Å²) >= 11 is 4.34. The van der Waals surface area contributed by atoms with Gasteiger partial charge < -0.3 is 10.2 Å². The summed E-state index contributed by atoms with van der Waals surface area (Å²) in [4.78, 5) is 12.8. The van der Waals surface area contributed by atoms with Gasteiger partial charge in [0.25, 0.3) is 0 Å². The highest BCUT2D eigenvalue weighted by molar-refractivity contribution is 7.81. The Kier molecular flexibility index (Phi) is 4.63. The molecule has 0 saturated heterocycles. The molecule has 0 saturated carbocycles. The van der Waals surface area contributed by atoms with Crippen LogP contribution in [0, 0.1) is 0 Å². The molecule has 0 atom stereocenters. The third-order valence-corrected chi connectivity index (χ3v) is 1.85. The molecule has 1 amide bonds. The topological polar surface area (TPSA) is 32.3 Å². The molecule has 1 N–H and O–H groups in total. The number of amides is 1. The van der Waals surface area contributed by atoms with Gasteiger partial charge in [-0.05, 0) is 27.8 Å². The molecule has 4 heteroatoms. The quantitative estimate of drug-likeness (QED) is 0.506. The second-order valence-electron chi connectivity index (χ2n) is 3.16. The zero-order chi connectivity index (χ0) is 9.78. The standard InChI is InChI=1S/C8H18N2OS/c1-5-10(8(2,3)12)7(11)6-9-4/h9,12H,5-6H2,1-4H3. The molecule has 0 heterocycles. The Morgan fingerprint density at radius 2 is 2.08 bits per heavy atom. The van der Waals surface area contributed by atoms with Gasteiger partial charge in [0.2, 0.25) is 5.91 Å². The van der Waals surface area contributed by atoms with Crippen LogP contribution in [0.1, 0.15) is 20.8 Å². The van der Waals surface area contributed by atoms with Crippen molar-refractivity contribution in [2.45, 2.75) is 25.6 Å². The Bertz CT molecular complexity index is 154. The van der Waals surface area contributed by atoms with E-state index in [9.17, 15) is 4.79 Å². The molecule has 0 rings (SSSR count). The molecule has 0 aliphatic carbocycles. The van der Waals surface area contributed by atoms with Crippen LogP contribution in [0.2, 0.25) is 0 Å². The highest BCUT2D eigenvalue weighted by atomic mass is 32.1. The van der Waals surface area contributed by atoms with Crippen LogP contribution in [-0.4, -0.2) is 35.8 Å². The summed E-state index contributed by atoms with van der Waals surface area (Å²) in [7, 11) is 1.76. The minimum Gasteiger partial charge on any atom is -0.328 e. The van der Waals surface area contributed by atoms with E-state index in [1.807, 2.05) is 20.8 Å². The molecule has 12 heavy (non-hydrogen) atoms. The van der Waals surface area contributed by atoms with E-state index in [-0.39, 0.29) is 10.8 Å². The summed E-state index contributed by atoms with van der Waals surface area (Å²) < 4.78 is 0. The lowest BCUT2D eigenvalue weighted by Gasteiger charge is -2.33. The Morgan fingerprint density at radius 3 is 2.33 bits per heavy atom. The smallest absolute Gasteiger partial charge is 0.237 e. The molecule has 0 aliphatic heterocycles. The molecule has 0 fully saturated rings. The fraction of sp³-hybridized carbons (Fsp3) is 0.875. The summed E-state index contributed by atoms with van der Waals surface area (Å²) in [5.41, 5.74) is 0. The number of thiol groups is 1. The minimum absolute atomic E-state index is 0.0833. The second kappa shape index (κ2) is 4.72. The Balaban J connectivity index is 4.25. The molecule has 3 nitrogen and oxygen atoms in total. The number of carbonyl (C=O) groups excluding carboxylic acids is 1.